The van der Waals surface area contributed by atoms with Gasteiger partial charge in [-0.3, -0.25) is 9.52 Å². The van der Waals surface area contributed by atoms with Gasteiger partial charge in [0.25, 0.3) is 15.6 Å². The molecule has 0 aliphatic carbocycles. The van der Waals surface area contributed by atoms with Gasteiger partial charge < -0.3 is 5.43 Å². The molecular formula is C9H9ClN6O3S. The molecule has 2 heterocycles. The van der Waals surface area contributed by atoms with E-state index in [1.165, 1.54) is 12.1 Å². The van der Waals surface area contributed by atoms with Gasteiger partial charge in [-0.25, -0.2) is 24.3 Å². The van der Waals surface area contributed by atoms with Crippen LogP contribution in [0.3, 0.4) is 0 Å². The zero-order chi connectivity index (χ0) is 14.8. The van der Waals surface area contributed by atoms with E-state index >= 15 is 0 Å². The molecule has 0 saturated heterocycles. The highest BCUT2D eigenvalue weighted by Crippen LogP contribution is 2.22. The summed E-state index contributed by atoms with van der Waals surface area (Å²) in [7, 11) is -3.92. The van der Waals surface area contributed by atoms with Crippen molar-refractivity contribution in [1.82, 2.24) is 15.2 Å². The fourth-order valence-electron chi connectivity index (χ4n) is 1.27. The molecule has 5 N–H and O–H groups in total. The molecule has 0 radical (unpaired) electrons. The lowest BCUT2D eigenvalue weighted by Crippen LogP contribution is -2.17. The van der Waals surface area contributed by atoms with E-state index in [-0.39, 0.29) is 21.6 Å². The zero-order valence-electron chi connectivity index (χ0n) is 9.79. The highest BCUT2D eigenvalue weighted by molar-refractivity contribution is 7.92. The van der Waals surface area contributed by atoms with Gasteiger partial charge in [0, 0.05) is 12.3 Å². The van der Waals surface area contributed by atoms with Gasteiger partial charge >= 0.3 is 0 Å². The van der Waals surface area contributed by atoms with E-state index in [0.29, 0.717) is 0 Å². The van der Waals surface area contributed by atoms with Crippen molar-refractivity contribution in [3.05, 3.63) is 39.8 Å². The van der Waals surface area contributed by atoms with Gasteiger partial charge in [0.05, 0.1) is 5.02 Å². The Kier molecular flexibility index (Phi) is 3.88. The molecule has 20 heavy (non-hydrogen) atoms. The number of aromatic nitrogens is 3. The zero-order valence-corrected chi connectivity index (χ0v) is 11.4. The van der Waals surface area contributed by atoms with Crippen LogP contribution < -0.4 is 21.5 Å². The smallest absolute Gasteiger partial charge is 0.264 e. The number of pyridine rings is 1. The minimum Gasteiger partial charge on any atom is -0.307 e. The van der Waals surface area contributed by atoms with E-state index in [0.717, 1.165) is 12.3 Å². The van der Waals surface area contributed by atoms with Gasteiger partial charge in [0.2, 0.25) is 0 Å². The molecule has 0 bridgehead atoms. The summed E-state index contributed by atoms with van der Waals surface area (Å²) >= 11 is 5.80. The van der Waals surface area contributed by atoms with Crippen LogP contribution in [0.1, 0.15) is 0 Å². The van der Waals surface area contributed by atoms with Crippen LogP contribution in [-0.4, -0.2) is 23.6 Å². The van der Waals surface area contributed by atoms with Crippen LogP contribution in [0, 0.1) is 0 Å². The number of nitrogens with one attached hydrogen (secondary N) is 3. The summed E-state index contributed by atoms with van der Waals surface area (Å²) in [5, 5.41) is 5.68. The Labute approximate surface area is 118 Å². The largest absolute Gasteiger partial charge is 0.307 e. The Hall–Kier alpha value is -2.17. The second-order valence-corrected chi connectivity index (χ2v) is 5.65. The first-order valence-electron chi connectivity index (χ1n) is 5.13. The van der Waals surface area contributed by atoms with Crippen LogP contribution in [0.25, 0.3) is 0 Å². The molecule has 9 nitrogen and oxygen atoms in total. The molecule has 0 atom stereocenters. The maximum atomic E-state index is 12.0. The minimum absolute atomic E-state index is 0.0400. The average molecular weight is 317 g/mol. The van der Waals surface area contributed by atoms with Crippen molar-refractivity contribution in [2.24, 2.45) is 5.84 Å². The molecule has 11 heteroatoms. The first kappa shape index (κ1) is 14.2. The van der Waals surface area contributed by atoms with E-state index in [9.17, 15) is 13.2 Å². The van der Waals surface area contributed by atoms with Gasteiger partial charge in [-0.05, 0) is 12.1 Å². The lowest BCUT2D eigenvalue weighted by Gasteiger charge is -2.08. The van der Waals surface area contributed by atoms with Crippen molar-refractivity contribution in [2.45, 2.75) is 4.90 Å². The predicted molar refractivity (Wildman–Crippen MR) is 72.7 cm³/mol. The number of H-pyrrole nitrogens is 1. The van der Waals surface area contributed by atoms with Crippen LogP contribution in [0.2, 0.25) is 5.02 Å². The van der Waals surface area contributed by atoms with Gasteiger partial charge in [0.15, 0.2) is 11.6 Å². The van der Waals surface area contributed by atoms with Crippen LogP contribution >= 0.6 is 11.6 Å². The quantitative estimate of drug-likeness (QED) is 0.455. The van der Waals surface area contributed by atoms with Gasteiger partial charge in [0.1, 0.15) is 4.90 Å². The summed E-state index contributed by atoms with van der Waals surface area (Å²) in [5.74, 6) is 5.25. The Morgan fingerprint density at radius 1 is 1.35 bits per heavy atom. The Morgan fingerprint density at radius 3 is 2.65 bits per heavy atom. The number of hydrogen-bond donors (Lipinski definition) is 4. The maximum Gasteiger partial charge on any atom is 0.264 e. The Bertz CT molecular complexity index is 770. The molecule has 2 aromatic heterocycles. The molecule has 0 spiro atoms. The highest BCUT2D eigenvalue weighted by Gasteiger charge is 2.17. The van der Waals surface area contributed by atoms with Gasteiger partial charge in [-0.2, -0.15) is 5.10 Å². The van der Waals surface area contributed by atoms with Crippen LogP contribution in [-0.2, 0) is 10.0 Å². The number of halogens is 1. The number of nitrogens with two attached hydrogens (primary N) is 1. The number of nitrogens with zero attached hydrogens (tertiary/aromatic N) is 2. The molecule has 0 amide bonds. The van der Waals surface area contributed by atoms with E-state index in [4.69, 9.17) is 17.4 Å². The predicted octanol–water partition coefficient (Wildman–Crippen LogP) is -0.0953. The highest BCUT2D eigenvalue weighted by atomic mass is 35.5. The third-order valence-electron chi connectivity index (χ3n) is 2.18. The van der Waals surface area contributed by atoms with Crippen molar-refractivity contribution >= 4 is 33.3 Å². The summed E-state index contributed by atoms with van der Waals surface area (Å²) in [5.41, 5.74) is 1.77. The number of hydrazine groups is 1. The molecule has 0 fully saturated rings. The van der Waals surface area contributed by atoms with E-state index in [1.54, 1.807) is 0 Å². The Balaban J connectivity index is 2.33. The van der Waals surface area contributed by atoms with E-state index in [2.05, 4.69) is 25.3 Å². The number of nitrogen functional groups attached to an aromatic ring is 1. The third kappa shape index (κ3) is 3.04. The molecule has 0 aromatic carbocycles. The molecule has 106 valence electrons. The summed E-state index contributed by atoms with van der Waals surface area (Å²) in [6, 6.07) is 3.54. The first-order valence-corrected chi connectivity index (χ1v) is 6.99. The molecule has 0 saturated carbocycles. The molecule has 0 unspecified atom stereocenters. The lowest BCUT2D eigenvalue weighted by molar-refractivity contribution is 0.600. The normalized spacial score (nSPS) is 11.1. The number of hydrogen-bond acceptors (Lipinski definition) is 7. The fraction of sp³-hybridized carbons (Fsp3) is 0. The monoisotopic (exact) mass is 316 g/mol. The standard InChI is InChI=1S/C9H9ClN6O3S/c10-6-3-5(4-12-9(6)13-11)20(18,19)16-7-1-2-8(17)15-14-7/h1-4H,11H2,(H,12,13)(H,14,16)(H,15,17). The van der Waals surface area contributed by atoms with Crippen molar-refractivity contribution < 1.29 is 8.42 Å². The molecular weight excluding hydrogens is 308 g/mol. The Morgan fingerprint density at radius 2 is 2.10 bits per heavy atom. The summed E-state index contributed by atoms with van der Waals surface area (Å²) in [4.78, 5) is 14.4. The number of rotatable bonds is 4. The SMILES string of the molecule is NNc1ncc(S(=O)(=O)Nc2ccc(=O)[nH]n2)cc1Cl. The van der Waals surface area contributed by atoms with Crippen molar-refractivity contribution in [3.63, 3.8) is 0 Å². The summed E-state index contributed by atoms with van der Waals surface area (Å²) in [6.45, 7) is 0. The summed E-state index contributed by atoms with van der Waals surface area (Å²) < 4.78 is 26.3. The molecule has 0 aliphatic rings. The molecule has 2 rings (SSSR count). The van der Waals surface area contributed by atoms with Crippen molar-refractivity contribution in [3.8, 4) is 0 Å². The lowest BCUT2D eigenvalue weighted by atomic mass is 10.5. The van der Waals surface area contributed by atoms with Crippen molar-refractivity contribution in [2.75, 3.05) is 10.1 Å². The maximum absolute atomic E-state index is 12.0. The first-order chi connectivity index (χ1) is 9.42. The summed E-state index contributed by atoms with van der Waals surface area (Å²) in [6.07, 6.45) is 1.08. The minimum atomic E-state index is -3.92. The molecule has 0 aliphatic heterocycles. The fourth-order valence-corrected chi connectivity index (χ4v) is 2.53. The second-order valence-electron chi connectivity index (χ2n) is 3.56. The topological polar surface area (TPSA) is 143 Å². The van der Waals surface area contributed by atoms with Crippen molar-refractivity contribution in [1.29, 1.82) is 0 Å². The van der Waals surface area contributed by atoms with Crippen LogP contribution in [0.5, 0.6) is 0 Å². The number of aromatic amines is 1. The molecule has 2 aromatic rings. The number of anilines is 2. The van der Waals surface area contributed by atoms with Crippen LogP contribution in [0.4, 0.5) is 11.6 Å². The van der Waals surface area contributed by atoms with Crippen LogP contribution in [0.15, 0.2) is 34.1 Å². The third-order valence-corrected chi connectivity index (χ3v) is 3.79. The number of sulfonamides is 1. The second kappa shape index (κ2) is 5.45. The van der Waals surface area contributed by atoms with Gasteiger partial charge in [-0.1, -0.05) is 11.6 Å². The average Bonchev–Trinajstić information content (AvgIpc) is 2.41. The van der Waals surface area contributed by atoms with E-state index in [1.807, 2.05) is 0 Å². The van der Waals surface area contributed by atoms with Gasteiger partial charge in [-0.15, -0.1) is 0 Å². The van der Waals surface area contributed by atoms with E-state index < -0.39 is 15.6 Å².